The summed E-state index contributed by atoms with van der Waals surface area (Å²) in [6, 6.07) is 4.19. The number of aryl methyl sites for hydroxylation is 1. The Morgan fingerprint density at radius 1 is 1.30 bits per heavy atom. The number of hydrogen-bond donors (Lipinski definition) is 3. The summed E-state index contributed by atoms with van der Waals surface area (Å²) in [5.74, 6) is 6.23. The lowest BCUT2D eigenvalue weighted by Crippen LogP contribution is -2.26. The maximum absolute atomic E-state index is 11.9. The first-order valence-electron chi connectivity index (χ1n) is 11.4. The van der Waals surface area contributed by atoms with Crippen molar-refractivity contribution in [2.75, 3.05) is 26.4 Å². The van der Waals surface area contributed by atoms with E-state index in [0.29, 0.717) is 35.7 Å². The number of allylic oxidation sites excluding steroid dienone is 6. The molecule has 4 N–H and O–H groups in total. The number of benzene rings is 1. The molecule has 1 aliphatic carbocycles. The van der Waals surface area contributed by atoms with E-state index >= 15 is 0 Å². The number of carbonyl (C=O) groups excluding carboxylic acids is 3. The molecule has 37 heavy (non-hydrogen) atoms. The lowest BCUT2D eigenvalue weighted by molar-refractivity contribution is -0.119. The van der Waals surface area contributed by atoms with Gasteiger partial charge in [-0.1, -0.05) is 35.2 Å². The summed E-state index contributed by atoms with van der Waals surface area (Å²) in [4.78, 5) is 36.0. The van der Waals surface area contributed by atoms with Crippen LogP contribution in [0.2, 0.25) is 0 Å². The van der Waals surface area contributed by atoms with E-state index in [4.69, 9.17) is 14.9 Å². The van der Waals surface area contributed by atoms with Gasteiger partial charge in [0.2, 0.25) is 5.89 Å². The number of nitrogens with one attached hydrogen (secondary N) is 2. The lowest BCUT2D eigenvalue weighted by atomic mass is 10.1. The van der Waals surface area contributed by atoms with E-state index in [-0.39, 0.29) is 11.9 Å². The molecular formula is C26H28N6O5. The molecular weight excluding hydrogens is 476 g/mol. The second-order valence-corrected chi connectivity index (χ2v) is 8.03. The highest BCUT2D eigenvalue weighted by atomic mass is 16.5. The fraction of sp³-hybridized carbons (Fsp3) is 0.269. The number of nitrogens with two attached hydrogens (primary N) is 1. The van der Waals surface area contributed by atoms with E-state index in [1.165, 1.54) is 0 Å². The summed E-state index contributed by atoms with van der Waals surface area (Å²) < 4.78 is 10.3. The van der Waals surface area contributed by atoms with Crippen LogP contribution in [0.1, 0.15) is 35.2 Å². The summed E-state index contributed by atoms with van der Waals surface area (Å²) >= 11 is 0. The number of urea groups is 1. The molecule has 1 atom stereocenters. The van der Waals surface area contributed by atoms with Gasteiger partial charge in [-0.05, 0) is 50.1 Å². The number of imide groups is 1. The topological polar surface area (TPSA) is 153 Å². The Bertz CT molecular complexity index is 1340. The normalized spacial score (nSPS) is 16.1. The van der Waals surface area contributed by atoms with Crippen LogP contribution in [0.5, 0.6) is 5.75 Å². The quantitative estimate of drug-likeness (QED) is 0.423. The Balaban J connectivity index is 0.000000222. The van der Waals surface area contributed by atoms with Crippen molar-refractivity contribution in [3.8, 4) is 17.6 Å². The van der Waals surface area contributed by atoms with Gasteiger partial charge in [-0.2, -0.15) is 0 Å². The van der Waals surface area contributed by atoms with Crippen LogP contribution in [0.3, 0.4) is 0 Å². The van der Waals surface area contributed by atoms with Crippen molar-refractivity contribution < 1.29 is 23.5 Å². The summed E-state index contributed by atoms with van der Waals surface area (Å²) in [7, 11) is 3.39. The smallest absolute Gasteiger partial charge is 0.322 e. The summed E-state index contributed by atoms with van der Waals surface area (Å²) in [5, 5.41) is 11.9. The van der Waals surface area contributed by atoms with E-state index in [2.05, 4.69) is 32.7 Å². The van der Waals surface area contributed by atoms with Crippen LogP contribution >= 0.6 is 0 Å². The number of nitrogen functional groups attached to an aromatic ring is 1. The van der Waals surface area contributed by atoms with Gasteiger partial charge in [-0.3, -0.25) is 14.9 Å². The van der Waals surface area contributed by atoms with E-state index in [9.17, 15) is 14.4 Å². The van der Waals surface area contributed by atoms with Crippen LogP contribution < -0.4 is 21.1 Å². The van der Waals surface area contributed by atoms with Gasteiger partial charge in [-0.25, -0.2) is 4.79 Å². The molecule has 11 heteroatoms. The maximum Gasteiger partial charge on any atom is 0.322 e. The number of nitrogens with zero attached hydrogens (tertiary/aromatic N) is 3. The first kappa shape index (κ1) is 26.7. The molecule has 0 radical (unpaired) electrons. The third-order valence-electron chi connectivity index (χ3n) is 5.43. The third-order valence-corrected chi connectivity index (χ3v) is 5.43. The number of amides is 4. The van der Waals surface area contributed by atoms with Gasteiger partial charge >= 0.3 is 12.0 Å². The van der Waals surface area contributed by atoms with Gasteiger partial charge in [0.05, 0.1) is 7.11 Å². The highest BCUT2D eigenvalue weighted by Crippen LogP contribution is 2.20. The molecule has 1 fully saturated rings. The molecule has 1 saturated heterocycles. The number of methoxy groups -OCH3 is 1. The van der Waals surface area contributed by atoms with Gasteiger partial charge in [0.15, 0.2) is 6.04 Å². The number of aromatic nitrogens is 2. The molecule has 2 aromatic rings. The standard InChI is InChI=1S/C14H11N5O3.C12H17NO2/c15-13-19-18-12(22-13)9-3-1-2-8(4-6-9)5-7-10-11(20)17-14(21)16-10;1-5-13(3)12(14)11-8-10(15-4)7-6-9(11)2/h1,3-4,6,10H,2H2,(H2,15,19)(H2,16,17,20,21);6-8H,5H2,1-4H3. The number of anilines is 1. The summed E-state index contributed by atoms with van der Waals surface area (Å²) in [5.41, 5.74) is 8.57. The molecule has 1 unspecified atom stereocenters. The van der Waals surface area contributed by atoms with Gasteiger partial charge in [-0.15, -0.1) is 5.10 Å². The Morgan fingerprint density at radius 3 is 2.70 bits per heavy atom. The van der Waals surface area contributed by atoms with Crippen molar-refractivity contribution in [3.05, 3.63) is 65.1 Å². The molecule has 192 valence electrons. The second kappa shape index (κ2) is 12.2. The molecule has 0 saturated carbocycles. The maximum atomic E-state index is 11.9. The van der Waals surface area contributed by atoms with Gasteiger partial charge in [0.25, 0.3) is 11.8 Å². The fourth-order valence-electron chi connectivity index (χ4n) is 3.20. The monoisotopic (exact) mass is 504 g/mol. The average molecular weight is 505 g/mol. The van der Waals surface area contributed by atoms with Gasteiger partial charge in [0.1, 0.15) is 5.75 Å². The fourth-order valence-corrected chi connectivity index (χ4v) is 3.20. The molecule has 2 heterocycles. The Labute approximate surface area is 214 Å². The largest absolute Gasteiger partial charge is 0.497 e. The van der Waals surface area contributed by atoms with Crippen molar-refractivity contribution in [1.82, 2.24) is 25.7 Å². The van der Waals surface area contributed by atoms with Crippen molar-refractivity contribution in [2.45, 2.75) is 26.3 Å². The Hall–Kier alpha value is -4.85. The minimum Gasteiger partial charge on any atom is -0.497 e. The Kier molecular flexibility index (Phi) is 8.83. The zero-order valence-corrected chi connectivity index (χ0v) is 21.0. The second-order valence-electron chi connectivity index (χ2n) is 8.03. The van der Waals surface area contributed by atoms with Crippen LogP contribution in [0.4, 0.5) is 10.8 Å². The zero-order chi connectivity index (χ0) is 26.9. The van der Waals surface area contributed by atoms with Crippen molar-refractivity contribution in [2.24, 2.45) is 0 Å². The van der Waals surface area contributed by atoms with Crippen LogP contribution in [-0.4, -0.2) is 59.7 Å². The molecule has 2 aliphatic rings. The molecule has 1 aromatic heterocycles. The minimum atomic E-state index is -0.820. The number of carbonyl (C=O) groups is 3. The van der Waals surface area contributed by atoms with Crippen LogP contribution in [0.15, 0.2) is 52.5 Å². The predicted octanol–water partition coefficient (Wildman–Crippen LogP) is 2.23. The molecule has 4 rings (SSSR count). The first-order chi connectivity index (χ1) is 17.7. The van der Waals surface area contributed by atoms with E-state index in [1.807, 2.05) is 38.1 Å². The molecule has 4 amide bonds. The van der Waals surface area contributed by atoms with Crippen LogP contribution in [0, 0.1) is 18.8 Å². The molecule has 1 aromatic carbocycles. The predicted molar refractivity (Wildman–Crippen MR) is 137 cm³/mol. The number of hydrogen-bond acceptors (Lipinski definition) is 8. The molecule has 1 aliphatic heterocycles. The van der Waals surface area contributed by atoms with Crippen LogP contribution in [0.25, 0.3) is 5.57 Å². The summed E-state index contributed by atoms with van der Waals surface area (Å²) in [6.45, 7) is 4.58. The van der Waals surface area contributed by atoms with Gasteiger partial charge in [0, 0.05) is 30.3 Å². The first-order valence-corrected chi connectivity index (χ1v) is 11.4. The highest BCUT2D eigenvalue weighted by molar-refractivity contribution is 6.05. The van der Waals surface area contributed by atoms with Crippen molar-refractivity contribution >= 4 is 29.4 Å². The number of ether oxygens (including phenoxy) is 1. The average Bonchev–Trinajstić information content (AvgIpc) is 3.37. The van der Waals surface area contributed by atoms with Crippen LogP contribution in [-0.2, 0) is 4.79 Å². The minimum absolute atomic E-state index is 0.000490. The molecule has 0 bridgehead atoms. The van der Waals surface area contributed by atoms with E-state index in [0.717, 1.165) is 11.1 Å². The lowest BCUT2D eigenvalue weighted by Gasteiger charge is -2.16. The zero-order valence-electron chi connectivity index (χ0n) is 21.0. The SMILES string of the molecule is CCN(C)C(=O)c1cc(OC)ccc1C.Nc1nnc(C2=CC=C(C#CC3NC(=O)NC3=O)CC=C2)o1. The van der Waals surface area contributed by atoms with E-state index in [1.54, 1.807) is 37.3 Å². The van der Waals surface area contributed by atoms with Crippen molar-refractivity contribution in [1.29, 1.82) is 0 Å². The number of rotatable bonds is 4. The Morgan fingerprint density at radius 2 is 2.08 bits per heavy atom. The molecule has 0 spiro atoms. The highest BCUT2D eigenvalue weighted by Gasteiger charge is 2.27. The van der Waals surface area contributed by atoms with E-state index < -0.39 is 18.0 Å². The van der Waals surface area contributed by atoms with Crippen molar-refractivity contribution in [3.63, 3.8) is 0 Å². The van der Waals surface area contributed by atoms with Gasteiger partial charge < -0.3 is 25.1 Å². The third kappa shape index (κ3) is 7.08. The summed E-state index contributed by atoms with van der Waals surface area (Å²) in [6.07, 6.45) is 7.85. The molecule has 11 nitrogen and oxygen atoms in total.